The van der Waals surface area contributed by atoms with Gasteiger partial charge in [-0.2, -0.15) is 0 Å². The Morgan fingerprint density at radius 3 is 2.76 bits per heavy atom. The predicted octanol–water partition coefficient (Wildman–Crippen LogP) is 0.848. The van der Waals surface area contributed by atoms with E-state index in [0.717, 1.165) is 0 Å². The molecule has 0 bridgehead atoms. The quantitative estimate of drug-likeness (QED) is 0.806. The molecule has 114 valence electrons. The molecule has 1 aliphatic rings. The lowest BCUT2D eigenvalue weighted by Crippen LogP contribution is -2.38. The van der Waals surface area contributed by atoms with Gasteiger partial charge in [-0.05, 0) is 18.6 Å². The van der Waals surface area contributed by atoms with Gasteiger partial charge < -0.3 is 25.4 Å². The van der Waals surface area contributed by atoms with Gasteiger partial charge in [0.1, 0.15) is 5.75 Å². The maximum absolute atomic E-state index is 12.4. The highest BCUT2D eigenvalue weighted by atomic mass is 16.5. The third kappa shape index (κ3) is 3.56. The summed E-state index contributed by atoms with van der Waals surface area (Å²) < 4.78 is 9.66. The number of nitrogens with two attached hydrogens (primary N) is 1. The van der Waals surface area contributed by atoms with E-state index < -0.39 is 6.09 Å². The fourth-order valence-electron chi connectivity index (χ4n) is 2.33. The number of anilines is 1. The van der Waals surface area contributed by atoms with Crippen LogP contribution in [0.3, 0.4) is 0 Å². The number of nitrogens with zero attached hydrogens (tertiary/aromatic N) is 1. The molecule has 1 heterocycles. The van der Waals surface area contributed by atoms with Gasteiger partial charge in [0.15, 0.2) is 0 Å². The molecular weight excluding hydrogens is 274 g/mol. The molecule has 0 aromatic heterocycles. The first-order chi connectivity index (χ1) is 10.0. The Labute approximate surface area is 123 Å². The minimum Gasteiger partial charge on any atom is -0.497 e. The Balaban J connectivity index is 2.04. The van der Waals surface area contributed by atoms with Crippen molar-refractivity contribution in [2.45, 2.75) is 12.5 Å². The van der Waals surface area contributed by atoms with Crippen molar-refractivity contribution < 1.29 is 19.1 Å². The second-order valence-electron chi connectivity index (χ2n) is 4.87. The molecule has 21 heavy (non-hydrogen) atoms. The number of hydrogen-bond donors (Lipinski definition) is 2. The molecule has 3 N–H and O–H groups in total. The molecule has 0 spiro atoms. The lowest BCUT2D eigenvalue weighted by molar-refractivity contribution is 0.0787. The minimum absolute atomic E-state index is 0.0932. The molecule has 0 radical (unpaired) electrons. The molecule has 1 saturated heterocycles. The SMILES string of the molecule is COC(=O)NC1CCN(C(=O)c2cc(N)cc(OC)c2)C1. The van der Waals surface area contributed by atoms with Crippen LogP contribution in [0.15, 0.2) is 18.2 Å². The number of alkyl carbamates (subject to hydrolysis) is 1. The van der Waals surface area contributed by atoms with Crippen molar-refractivity contribution in [3.63, 3.8) is 0 Å². The highest BCUT2D eigenvalue weighted by molar-refractivity contribution is 5.95. The summed E-state index contributed by atoms with van der Waals surface area (Å²) >= 11 is 0. The van der Waals surface area contributed by atoms with E-state index in [1.165, 1.54) is 14.2 Å². The normalized spacial score (nSPS) is 17.4. The van der Waals surface area contributed by atoms with Gasteiger partial charge in [-0.3, -0.25) is 4.79 Å². The first-order valence-electron chi connectivity index (χ1n) is 6.61. The van der Waals surface area contributed by atoms with E-state index in [1.54, 1.807) is 23.1 Å². The first-order valence-corrected chi connectivity index (χ1v) is 6.61. The van der Waals surface area contributed by atoms with Gasteiger partial charge in [0.25, 0.3) is 5.91 Å². The average Bonchev–Trinajstić information content (AvgIpc) is 2.93. The zero-order chi connectivity index (χ0) is 15.4. The molecule has 2 amide bonds. The number of nitrogen functional groups attached to an aromatic ring is 1. The van der Waals surface area contributed by atoms with Gasteiger partial charge >= 0.3 is 6.09 Å². The van der Waals surface area contributed by atoms with Crippen LogP contribution in [-0.4, -0.2) is 50.3 Å². The summed E-state index contributed by atoms with van der Waals surface area (Å²) in [5.41, 5.74) is 6.71. The fraction of sp³-hybridized carbons (Fsp3) is 0.429. The lowest BCUT2D eigenvalue weighted by Gasteiger charge is -2.17. The summed E-state index contributed by atoms with van der Waals surface area (Å²) in [6.45, 7) is 1.02. The van der Waals surface area contributed by atoms with Crippen molar-refractivity contribution in [1.82, 2.24) is 10.2 Å². The third-order valence-corrected chi connectivity index (χ3v) is 3.39. The van der Waals surface area contributed by atoms with E-state index >= 15 is 0 Å². The Morgan fingerprint density at radius 2 is 2.10 bits per heavy atom. The Bertz CT molecular complexity index is 547. The second-order valence-corrected chi connectivity index (χ2v) is 4.87. The number of benzene rings is 1. The van der Waals surface area contributed by atoms with Crippen LogP contribution in [0.5, 0.6) is 5.75 Å². The Morgan fingerprint density at radius 1 is 1.33 bits per heavy atom. The maximum atomic E-state index is 12.4. The third-order valence-electron chi connectivity index (χ3n) is 3.39. The molecule has 0 saturated carbocycles. The standard InChI is InChI=1S/C14H19N3O4/c1-20-12-6-9(5-10(15)7-12)13(18)17-4-3-11(8-17)16-14(19)21-2/h5-7,11H,3-4,8,15H2,1-2H3,(H,16,19). The van der Waals surface area contributed by atoms with Gasteiger partial charge in [-0.25, -0.2) is 4.79 Å². The Kier molecular flexibility index (Phi) is 4.52. The number of carbonyl (C=O) groups is 2. The summed E-state index contributed by atoms with van der Waals surface area (Å²) in [7, 11) is 2.83. The molecule has 7 heteroatoms. The van der Waals surface area contributed by atoms with Crippen LogP contribution in [0.25, 0.3) is 0 Å². The molecule has 7 nitrogen and oxygen atoms in total. The number of methoxy groups -OCH3 is 2. The van der Waals surface area contributed by atoms with Crippen LogP contribution in [0.2, 0.25) is 0 Å². The molecular formula is C14H19N3O4. The number of carbonyl (C=O) groups excluding carboxylic acids is 2. The highest BCUT2D eigenvalue weighted by Gasteiger charge is 2.28. The smallest absolute Gasteiger partial charge is 0.407 e. The largest absolute Gasteiger partial charge is 0.497 e. The first kappa shape index (κ1) is 15.0. The maximum Gasteiger partial charge on any atom is 0.407 e. The van der Waals surface area contributed by atoms with Crippen LogP contribution in [0.4, 0.5) is 10.5 Å². The molecule has 0 aliphatic carbocycles. The molecule has 2 rings (SSSR count). The number of likely N-dealkylation sites (tertiary alicyclic amines) is 1. The molecule has 1 aliphatic heterocycles. The predicted molar refractivity (Wildman–Crippen MR) is 77.3 cm³/mol. The summed E-state index contributed by atoms with van der Waals surface area (Å²) in [4.78, 5) is 25.3. The van der Waals surface area contributed by atoms with Gasteiger partial charge in [0, 0.05) is 30.4 Å². The zero-order valence-electron chi connectivity index (χ0n) is 12.1. The van der Waals surface area contributed by atoms with Crippen molar-refractivity contribution in [3.05, 3.63) is 23.8 Å². The average molecular weight is 293 g/mol. The van der Waals surface area contributed by atoms with Crippen LogP contribution < -0.4 is 15.8 Å². The monoisotopic (exact) mass is 293 g/mol. The van der Waals surface area contributed by atoms with Crippen molar-refractivity contribution in [1.29, 1.82) is 0 Å². The highest BCUT2D eigenvalue weighted by Crippen LogP contribution is 2.21. The van der Waals surface area contributed by atoms with E-state index in [2.05, 4.69) is 10.1 Å². The lowest BCUT2D eigenvalue weighted by atomic mass is 10.1. The van der Waals surface area contributed by atoms with Crippen molar-refractivity contribution in [2.75, 3.05) is 33.0 Å². The van der Waals surface area contributed by atoms with Crippen LogP contribution in [0, 0.1) is 0 Å². The van der Waals surface area contributed by atoms with Crippen LogP contribution in [-0.2, 0) is 4.74 Å². The summed E-state index contributed by atoms with van der Waals surface area (Å²) in [6, 6.07) is 4.83. The van der Waals surface area contributed by atoms with Gasteiger partial charge in [-0.15, -0.1) is 0 Å². The molecule has 1 atom stereocenters. The van der Waals surface area contributed by atoms with Crippen molar-refractivity contribution >= 4 is 17.7 Å². The van der Waals surface area contributed by atoms with Gasteiger partial charge in [-0.1, -0.05) is 0 Å². The van der Waals surface area contributed by atoms with E-state index in [-0.39, 0.29) is 11.9 Å². The molecule has 1 fully saturated rings. The number of amides is 2. The zero-order valence-corrected chi connectivity index (χ0v) is 12.1. The minimum atomic E-state index is -0.486. The summed E-state index contributed by atoms with van der Waals surface area (Å²) in [6.07, 6.45) is 0.209. The van der Waals surface area contributed by atoms with E-state index in [1.807, 2.05) is 0 Å². The summed E-state index contributed by atoms with van der Waals surface area (Å²) in [5, 5.41) is 2.69. The molecule has 1 aromatic rings. The second kappa shape index (κ2) is 6.34. The number of ether oxygens (including phenoxy) is 2. The van der Waals surface area contributed by atoms with Crippen LogP contribution in [0.1, 0.15) is 16.8 Å². The van der Waals surface area contributed by atoms with E-state index in [4.69, 9.17) is 10.5 Å². The van der Waals surface area contributed by atoms with Crippen molar-refractivity contribution in [2.24, 2.45) is 0 Å². The van der Waals surface area contributed by atoms with Gasteiger partial charge in [0.2, 0.25) is 0 Å². The number of nitrogens with one attached hydrogen (secondary N) is 1. The molecule has 1 unspecified atom stereocenters. The van der Waals surface area contributed by atoms with Crippen molar-refractivity contribution in [3.8, 4) is 5.75 Å². The van der Waals surface area contributed by atoms with E-state index in [9.17, 15) is 9.59 Å². The van der Waals surface area contributed by atoms with Crippen LogP contribution >= 0.6 is 0 Å². The van der Waals surface area contributed by atoms with Gasteiger partial charge in [0.05, 0.1) is 20.3 Å². The molecule has 1 aromatic carbocycles. The fourth-order valence-corrected chi connectivity index (χ4v) is 2.33. The Hall–Kier alpha value is -2.44. The summed E-state index contributed by atoms with van der Waals surface area (Å²) in [5.74, 6) is 0.413. The number of hydrogen-bond acceptors (Lipinski definition) is 5. The number of rotatable bonds is 3. The van der Waals surface area contributed by atoms with E-state index in [0.29, 0.717) is 36.5 Å². The topological polar surface area (TPSA) is 93.9 Å².